The van der Waals surface area contributed by atoms with E-state index in [2.05, 4.69) is 11.8 Å². The van der Waals surface area contributed by atoms with Crippen molar-refractivity contribution in [3.63, 3.8) is 0 Å². The van der Waals surface area contributed by atoms with E-state index in [1.807, 2.05) is 20.9 Å². The van der Waals surface area contributed by atoms with Crippen LogP contribution in [0, 0.1) is 11.8 Å². The third-order valence-corrected chi connectivity index (χ3v) is 3.09. The first-order valence-electron chi connectivity index (χ1n) is 5.43. The summed E-state index contributed by atoms with van der Waals surface area (Å²) in [5.41, 5.74) is 0. The van der Waals surface area contributed by atoms with Gasteiger partial charge in [-0.05, 0) is 39.2 Å². The van der Waals surface area contributed by atoms with Gasteiger partial charge >= 0.3 is 5.97 Å². The summed E-state index contributed by atoms with van der Waals surface area (Å²) in [4.78, 5) is 13.5. The van der Waals surface area contributed by atoms with Crippen molar-refractivity contribution in [1.82, 2.24) is 4.90 Å². The number of hydrogen-bond donors (Lipinski definition) is 0. The largest absolute Gasteiger partial charge is 0.465 e. The Hall–Kier alpha value is -0.570. The topological polar surface area (TPSA) is 29.5 Å². The zero-order chi connectivity index (χ0) is 10.7. The molecule has 0 saturated heterocycles. The molecule has 1 aliphatic rings. The highest BCUT2D eigenvalue weighted by atomic mass is 16.5. The van der Waals surface area contributed by atoms with Gasteiger partial charge in [0.05, 0.1) is 6.61 Å². The number of rotatable bonds is 5. The average Bonchev–Trinajstić information content (AvgIpc) is 2.80. The van der Waals surface area contributed by atoms with E-state index in [0.29, 0.717) is 6.61 Å². The summed E-state index contributed by atoms with van der Waals surface area (Å²) in [6.07, 6.45) is 1.31. The summed E-state index contributed by atoms with van der Waals surface area (Å²) in [6, 6.07) is -0.109. The normalized spacial score (nSPS) is 27.5. The molecule has 0 N–H and O–H groups in total. The van der Waals surface area contributed by atoms with Crippen LogP contribution < -0.4 is 0 Å². The second kappa shape index (κ2) is 4.78. The lowest BCUT2D eigenvalue weighted by atomic mass is 10.2. The van der Waals surface area contributed by atoms with Crippen LogP contribution in [0.25, 0.3) is 0 Å². The first-order valence-corrected chi connectivity index (χ1v) is 5.43. The number of likely N-dealkylation sites (N-methyl/N-ethyl adjacent to an activating group) is 1. The SMILES string of the molecule is CCOC(=O)C(C)N(C)CC1CC1C. The standard InChI is InChI=1S/C11H21NO2/c1-5-14-11(13)9(3)12(4)7-10-6-8(10)2/h8-10H,5-7H2,1-4H3. The summed E-state index contributed by atoms with van der Waals surface area (Å²) in [7, 11) is 1.99. The Morgan fingerprint density at radius 2 is 2.21 bits per heavy atom. The van der Waals surface area contributed by atoms with Gasteiger partial charge in [0, 0.05) is 6.54 Å². The Labute approximate surface area is 86.4 Å². The molecule has 1 aliphatic carbocycles. The number of nitrogens with zero attached hydrogens (tertiary/aromatic N) is 1. The first-order chi connectivity index (χ1) is 6.56. The van der Waals surface area contributed by atoms with Crippen molar-refractivity contribution in [3.8, 4) is 0 Å². The van der Waals surface area contributed by atoms with Crippen LogP contribution >= 0.6 is 0 Å². The maximum Gasteiger partial charge on any atom is 0.323 e. The molecule has 1 rings (SSSR count). The Morgan fingerprint density at radius 1 is 1.64 bits per heavy atom. The van der Waals surface area contributed by atoms with Crippen LogP contribution in [0.15, 0.2) is 0 Å². The number of hydrogen-bond acceptors (Lipinski definition) is 3. The lowest BCUT2D eigenvalue weighted by molar-refractivity contribution is -0.148. The predicted octanol–water partition coefficient (Wildman–Crippen LogP) is 1.53. The first kappa shape index (κ1) is 11.5. The molecule has 14 heavy (non-hydrogen) atoms. The number of ether oxygens (including phenoxy) is 1. The van der Waals surface area contributed by atoms with Crippen LogP contribution in [0.5, 0.6) is 0 Å². The van der Waals surface area contributed by atoms with Crippen LogP contribution in [0.1, 0.15) is 27.2 Å². The molecule has 1 saturated carbocycles. The number of carbonyl (C=O) groups excluding carboxylic acids is 1. The van der Waals surface area contributed by atoms with Gasteiger partial charge in [-0.2, -0.15) is 0 Å². The van der Waals surface area contributed by atoms with E-state index in [1.165, 1.54) is 6.42 Å². The fourth-order valence-corrected chi connectivity index (χ4v) is 1.62. The van der Waals surface area contributed by atoms with E-state index in [0.717, 1.165) is 18.4 Å². The van der Waals surface area contributed by atoms with Gasteiger partial charge in [0.15, 0.2) is 0 Å². The summed E-state index contributed by atoms with van der Waals surface area (Å²) >= 11 is 0. The zero-order valence-corrected chi connectivity index (χ0v) is 9.62. The van der Waals surface area contributed by atoms with Crippen LogP contribution in [0.3, 0.4) is 0 Å². The molecule has 0 bridgehead atoms. The van der Waals surface area contributed by atoms with Crippen molar-refractivity contribution in [2.45, 2.75) is 33.2 Å². The molecule has 3 nitrogen and oxygen atoms in total. The minimum Gasteiger partial charge on any atom is -0.465 e. The van der Waals surface area contributed by atoms with Gasteiger partial charge in [-0.3, -0.25) is 9.69 Å². The van der Waals surface area contributed by atoms with Crippen molar-refractivity contribution in [2.75, 3.05) is 20.2 Å². The van der Waals surface area contributed by atoms with E-state index >= 15 is 0 Å². The Bertz CT molecular complexity index is 205. The highest BCUT2D eigenvalue weighted by Gasteiger charge is 2.34. The molecule has 1 fully saturated rings. The van der Waals surface area contributed by atoms with Crippen LogP contribution in [0.2, 0.25) is 0 Å². The molecule has 0 aromatic rings. The maximum absolute atomic E-state index is 11.4. The van der Waals surface area contributed by atoms with E-state index in [9.17, 15) is 4.79 Å². The molecular formula is C11H21NO2. The molecule has 0 spiro atoms. The van der Waals surface area contributed by atoms with Crippen molar-refractivity contribution < 1.29 is 9.53 Å². The molecule has 0 radical (unpaired) electrons. The van der Waals surface area contributed by atoms with E-state index in [1.54, 1.807) is 0 Å². The van der Waals surface area contributed by atoms with Crippen molar-refractivity contribution in [2.24, 2.45) is 11.8 Å². The second-order valence-electron chi connectivity index (χ2n) is 4.34. The van der Waals surface area contributed by atoms with Gasteiger partial charge < -0.3 is 4.74 Å². The van der Waals surface area contributed by atoms with Crippen molar-refractivity contribution >= 4 is 5.97 Å². The Balaban J connectivity index is 2.28. The molecule has 0 aliphatic heterocycles. The van der Waals surface area contributed by atoms with Crippen molar-refractivity contribution in [3.05, 3.63) is 0 Å². The summed E-state index contributed by atoms with van der Waals surface area (Å²) in [6.45, 7) is 7.49. The van der Waals surface area contributed by atoms with Crippen molar-refractivity contribution in [1.29, 1.82) is 0 Å². The minimum atomic E-state index is -0.109. The molecule has 82 valence electrons. The van der Waals surface area contributed by atoms with E-state index < -0.39 is 0 Å². The second-order valence-corrected chi connectivity index (χ2v) is 4.34. The third kappa shape index (κ3) is 2.98. The average molecular weight is 199 g/mol. The fourth-order valence-electron chi connectivity index (χ4n) is 1.62. The number of carbonyl (C=O) groups is 1. The molecule has 3 unspecified atom stereocenters. The quantitative estimate of drug-likeness (QED) is 0.629. The lowest BCUT2D eigenvalue weighted by Crippen LogP contribution is -2.38. The van der Waals surface area contributed by atoms with Gasteiger partial charge in [-0.15, -0.1) is 0 Å². The van der Waals surface area contributed by atoms with Gasteiger partial charge in [0.1, 0.15) is 6.04 Å². The van der Waals surface area contributed by atoms with Crippen LogP contribution in [0.4, 0.5) is 0 Å². The van der Waals surface area contributed by atoms with Crippen LogP contribution in [-0.2, 0) is 9.53 Å². The molecule has 0 aromatic heterocycles. The molecule has 0 amide bonds. The summed E-state index contributed by atoms with van der Waals surface area (Å²) < 4.78 is 4.97. The van der Waals surface area contributed by atoms with Gasteiger partial charge in [-0.25, -0.2) is 0 Å². The Morgan fingerprint density at radius 3 is 2.64 bits per heavy atom. The van der Waals surface area contributed by atoms with E-state index in [4.69, 9.17) is 4.74 Å². The van der Waals surface area contributed by atoms with Gasteiger partial charge in [-0.1, -0.05) is 6.92 Å². The molecule has 3 atom stereocenters. The van der Waals surface area contributed by atoms with E-state index in [-0.39, 0.29) is 12.0 Å². The minimum absolute atomic E-state index is 0.108. The molecule has 0 heterocycles. The monoisotopic (exact) mass is 199 g/mol. The Kier molecular flexibility index (Phi) is 3.93. The smallest absolute Gasteiger partial charge is 0.323 e. The predicted molar refractivity (Wildman–Crippen MR) is 56.0 cm³/mol. The maximum atomic E-state index is 11.4. The summed E-state index contributed by atoms with van der Waals surface area (Å²) in [5.74, 6) is 1.52. The highest BCUT2D eigenvalue weighted by Crippen LogP contribution is 2.38. The van der Waals surface area contributed by atoms with Crippen LogP contribution in [-0.4, -0.2) is 37.1 Å². The molecular weight excluding hydrogens is 178 g/mol. The molecule has 3 heteroatoms. The summed E-state index contributed by atoms with van der Waals surface area (Å²) in [5, 5.41) is 0. The van der Waals surface area contributed by atoms with Gasteiger partial charge in [0.2, 0.25) is 0 Å². The zero-order valence-electron chi connectivity index (χ0n) is 9.62. The number of esters is 1. The molecule has 0 aromatic carbocycles. The third-order valence-electron chi connectivity index (χ3n) is 3.09. The van der Waals surface area contributed by atoms with Gasteiger partial charge in [0.25, 0.3) is 0 Å². The highest BCUT2D eigenvalue weighted by molar-refractivity contribution is 5.75. The fraction of sp³-hybridized carbons (Fsp3) is 0.909. The lowest BCUT2D eigenvalue weighted by Gasteiger charge is -2.22.